The molecule has 1 aliphatic carbocycles. The molecule has 1 heterocycles. The maximum atomic E-state index is 6.25. The minimum absolute atomic E-state index is 0.332. The lowest BCUT2D eigenvalue weighted by Crippen LogP contribution is -2.41. The van der Waals surface area contributed by atoms with E-state index in [1.54, 1.807) is 0 Å². The maximum absolute atomic E-state index is 6.25. The number of hydrogen-bond acceptors (Lipinski definition) is 1. The number of rotatable bonds is 0. The molecule has 1 aliphatic heterocycles. The van der Waals surface area contributed by atoms with Gasteiger partial charge in [-0.15, -0.1) is 0 Å². The fourth-order valence-electron chi connectivity index (χ4n) is 3.66. The molecule has 1 aromatic rings. The minimum atomic E-state index is 0.332. The van der Waals surface area contributed by atoms with Crippen molar-refractivity contribution >= 4 is 0 Å². The highest BCUT2D eigenvalue weighted by Crippen LogP contribution is 2.52. The summed E-state index contributed by atoms with van der Waals surface area (Å²) in [7, 11) is 0. The average molecular weight is 230 g/mol. The van der Waals surface area contributed by atoms with Crippen LogP contribution in [0.4, 0.5) is 0 Å². The molecule has 0 radical (unpaired) electrons. The van der Waals surface area contributed by atoms with Gasteiger partial charge in [0.1, 0.15) is 0 Å². The zero-order valence-corrected chi connectivity index (χ0v) is 11.1. The molecule has 92 valence electrons. The van der Waals surface area contributed by atoms with E-state index < -0.39 is 0 Å². The fourth-order valence-corrected chi connectivity index (χ4v) is 3.66. The molecular formula is C16H22O. The summed E-state index contributed by atoms with van der Waals surface area (Å²) in [6, 6.07) is 8.84. The Labute approximate surface area is 104 Å². The fraction of sp³-hybridized carbons (Fsp3) is 0.625. The van der Waals surface area contributed by atoms with Crippen molar-refractivity contribution in [2.45, 2.75) is 52.2 Å². The van der Waals surface area contributed by atoms with E-state index in [1.807, 2.05) is 0 Å². The molecule has 1 fully saturated rings. The molecular weight excluding hydrogens is 208 g/mol. The molecule has 17 heavy (non-hydrogen) atoms. The monoisotopic (exact) mass is 230 g/mol. The second kappa shape index (κ2) is 3.84. The number of fused-ring (bicyclic) bond motifs is 3. The maximum Gasteiger partial charge on any atom is 0.0864 e. The molecule has 2 aliphatic rings. The van der Waals surface area contributed by atoms with Gasteiger partial charge in [-0.3, -0.25) is 0 Å². The molecule has 1 nitrogen and oxygen atoms in total. The summed E-state index contributed by atoms with van der Waals surface area (Å²) in [5.74, 6) is 0.689. The van der Waals surface area contributed by atoms with Gasteiger partial charge in [-0.1, -0.05) is 38.1 Å². The normalized spacial score (nSPS) is 34.9. The predicted octanol–water partition coefficient (Wildman–Crippen LogP) is 4.13. The van der Waals surface area contributed by atoms with Crippen LogP contribution in [0.2, 0.25) is 0 Å². The number of hydrogen-bond donors (Lipinski definition) is 0. The third-order valence-electron chi connectivity index (χ3n) is 4.64. The molecule has 1 aromatic carbocycles. The number of benzene rings is 1. The van der Waals surface area contributed by atoms with E-state index in [0.717, 1.165) is 0 Å². The third-order valence-corrected chi connectivity index (χ3v) is 4.64. The van der Waals surface area contributed by atoms with Crippen LogP contribution < -0.4 is 0 Å². The Bertz CT molecular complexity index is 421. The van der Waals surface area contributed by atoms with Gasteiger partial charge in [0.05, 0.1) is 12.2 Å². The summed E-state index contributed by atoms with van der Waals surface area (Å²) in [4.78, 5) is 0. The highest BCUT2D eigenvalue weighted by atomic mass is 16.5. The standard InChI is InChI=1S/C16H22O/c1-11-8-9-14-15(17-11)13-7-5-4-6-12(13)10-16(14,2)3/h4-7,11,14-15H,8-10H2,1-3H3/t11-,14-,15+/m1/s1. The second-order valence-electron chi connectivity index (χ2n) is 6.42. The van der Waals surface area contributed by atoms with Gasteiger partial charge < -0.3 is 4.74 Å². The van der Waals surface area contributed by atoms with Crippen LogP contribution in [0, 0.1) is 11.3 Å². The molecule has 0 aromatic heterocycles. The molecule has 0 unspecified atom stereocenters. The lowest BCUT2D eigenvalue weighted by molar-refractivity contribution is -0.117. The van der Waals surface area contributed by atoms with Crippen molar-refractivity contribution in [3.8, 4) is 0 Å². The van der Waals surface area contributed by atoms with Crippen molar-refractivity contribution < 1.29 is 4.74 Å². The zero-order chi connectivity index (χ0) is 12.0. The van der Waals surface area contributed by atoms with Crippen molar-refractivity contribution in [2.75, 3.05) is 0 Å². The first-order valence-corrected chi connectivity index (χ1v) is 6.81. The van der Waals surface area contributed by atoms with Crippen LogP contribution in [0.3, 0.4) is 0 Å². The molecule has 1 saturated heterocycles. The Kier molecular flexibility index (Phi) is 2.55. The van der Waals surface area contributed by atoms with Crippen LogP contribution in [0.1, 0.15) is 50.8 Å². The summed E-state index contributed by atoms with van der Waals surface area (Å²) in [5, 5.41) is 0. The molecule has 0 saturated carbocycles. The van der Waals surface area contributed by atoms with Crippen LogP contribution in [0.5, 0.6) is 0 Å². The summed E-state index contributed by atoms with van der Waals surface area (Å²) >= 11 is 0. The van der Waals surface area contributed by atoms with Gasteiger partial charge in [-0.2, -0.15) is 0 Å². The Morgan fingerprint density at radius 2 is 1.94 bits per heavy atom. The van der Waals surface area contributed by atoms with Gasteiger partial charge in [-0.25, -0.2) is 0 Å². The predicted molar refractivity (Wildman–Crippen MR) is 69.9 cm³/mol. The van der Waals surface area contributed by atoms with Crippen LogP contribution in [-0.4, -0.2) is 6.10 Å². The highest BCUT2D eigenvalue weighted by Gasteiger charge is 2.44. The summed E-state index contributed by atoms with van der Waals surface area (Å²) in [6.45, 7) is 7.01. The van der Waals surface area contributed by atoms with Gasteiger partial charge >= 0.3 is 0 Å². The van der Waals surface area contributed by atoms with Gasteiger partial charge in [0.25, 0.3) is 0 Å². The van der Waals surface area contributed by atoms with Gasteiger partial charge in [0.15, 0.2) is 0 Å². The van der Waals surface area contributed by atoms with E-state index >= 15 is 0 Å². The van der Waals surface area contributed by atoms with Crippen molar-refractivity contribution in [1.82, 2.24) is 0 Å². The summed E-state index contributed by atoms with van der Waals surface area (Å²) in [5.41, 5.74) is 3.32. The Hall–Kier alpha value is -0.820. The van der Waals surface area contributed by atoms with Gasteiger partial charge in [0.2, 0.25) is 0 Å². The molecule has 1 heteroatoms. The Balaban J connectivity index is 2.05. The summed E-state index contributed by atoms with van der Waals surface area (Å²) in [6.07, 6.45) is 4.47. The van der Waals surface area contributed by atoms with Crippen LogP contribution in [0.25, 0.3) is 0 Å². The van der Waals surface area contributed by atoms with Gasteiger partial charge in [-0.05, 0) is 48.6 Å². The molecule has 0 bridgehead atoms. The van der Waals surface area contributed by atoms with Crippen molar-refractivity contribution in [3.63, 3.8) is 0 Å². The van der Waals surface area contributed by atoms with Crippen molar-refractivity contribution in [3.05, 3.63) is 35.4 Å². The second-order valence-corrected chi connectivity index (χ2v) is 6.42. The van der Waals surface area contributed by atoms with E-state index in [-0.39, 0.29) is 0 Å². The first kappa shape index (κ1) is 11.3. The largest absolute Gasteiger partial charge is 0.370 e. The molecule has 0 amide bonds. The minimum Gasteiger partial charge on any atom is -0.370 e. The quantitative estimate of drug-likeness (QED) is 0.651. The first-order chi connectivity index (χ1) is 8.08. The lowest BCUT2D eigenvalue weighted by Gasteiger charge is -2.48. The van der Waals surface area contributed by atoms with Crippen molar-refractivity contribution in [2.24, 2.45) is 11.3 Å². The van der Waals surface area contributed by atoms with Crippen LogP contribution in [0.15, 0.2) is 24.3 Å². The van der Waals surface area contributed by atoms with Crippen LogP contribution in [-0.2, 0) is 11.2 Å². The topological polar surface area (TPSA) is 9.23 Å². The molecule has 3 rings (SSSR count). The smallest absolute Gasteiger partial charge is 0.0864 e. The lowest BCUT2D eigenvalue weighted by atomic mass is 9.63. The number of ether oxygens (including phenoxy) is 1. The van der Waals surface area contributed by atoms with E-state index in [1.165, 1.54) is 30.4 Å². The zero-order valence-electron chi connectivity index (χ0n) is 11.1. The van der Waals surface area contributed by atoms with Crippen LogP contribution >= 0.6 is 0 Å². The highest BCUT2D eigenvalue weighted by molar-refractivity contribution is 5.34. The molecule has 0 N–H and O–H groups in total. The molecule has 0 spiro atoms. The average Bonchev–Trinajstić information content (AvgIpc) is 2.28. The first-order valence-electron chi connectivity index (χ1n) is 6.81. The van der Waals surface area contributed by atoms with Gasteiger partial charge in [0, 0.05) is 0 Å². The summed E-state index contributed by atoms with van der Waals surface area (Å²) < 4.78 is 6.25. The van der Waals surface area contributed by atoms with E-state index in [9.17, 15) is 0 Å². The SMILES string of the molecule is C[C@@H]1CC[C@@H]2[C@@H](O1)c1ccccc1CC2(C)C. The Morgan fingerprint density at radius 3 is 2.76 bits per heavy atom. The molecule has 3 atom stereocenters. The van der Waals surface area contributed by atoms with E-state index in [0.29, 0.717) is 23.5 Å². The third kappa shape index (κ3) is 1.81. The van der Waals surface area contributed by atoms with E-state index in [2.05, 4.69) is 45.0 Å². The van der Waals surface area contributed by atoms with Crippen molar-refractivity contribution in [1.29, 1.82) is 0 Å². The Morgan fingerprint density at radius 1 is 1.18 bits per heavy atom. The van der Waals surface area contributed by atoms with E-state index in [4.69, 9.17) is 4.74 Å².